The molecule has 0 aliphatic heterocycles. The molecule has 0 atom stereocenters. The molecule has 0 spiro atoms. The smallest absolute Gasteiger partial charge is 0.0725 e. The summed E-state index contributed by atoms with van der Waals surface area (Å²) >= 11 is 0. The summed E-state index contributed by atoms with van der Waals surface area (Å²) < 4.78 is 5.80. The lowest BCUT2D eigenvalue weighted by atomic mass is 9.92. The molecular formula is C17H29NO. The highest BCUT2D eigenvalue weighted by molar-refractivity contribution is 5.65. The van der Waals surface area contributed by atoms with Gasteiger partial charge < -0.3 is 10.1 Å². The fourth-order valence-electron chi connectivity index (χ4n) is 2.36. The van der Waals surface area contributed by atoms with Gasteiger partial charge in [-0.15, -0.1) is 0 Å². The predicted molar refractivity (Wildman–Crippen MR) is 84.1 cm³/mol. The van der Waals surface area contributed by atoms with Crippen molar-refractivity contribution in [3.8, 4) is 0 Å². The zero-order chi connectivity index (χ0) is 14.7. The molecule has 2 nitrogen and oxygen atoms in total. The SMILES string of the molecule is Cc1c(C)c(NC(C)C)c(C)c(C)c1COC(C)C. The highest BCUT2D eigenvalue weighted by atomic mass is 16.5. The second-order valence-corrected chi connectivity index (χ2v) is 6.01. The summed E-state index contributed by atoms with van der Waals surface area (Å²) in [5.74, 6) is 0. The van der Waals surface area contributed by atoms with E-state index in [1.165, 1.54) is 33.5 Å². The number of hydrogen-bond donors (Lipinski definition) is 1. The van der Waals surface area contributed by atoms with Gasteiger partial charge in [0.2, 0.25) is 0 Å². The van der Waals surface area contributed by atoms with Gasteiger partial charge in [-0.05, 0) is 83.2 Å². The van der Waals surface area contributed by atoms with Crippen LogP contribution in [0.25, 0.3) is 0 Å². The van der Waals surface area contributed by atoms with Crippen molar-refractivity contribution >= 4 is 5.69 Å². The Morgan fingerprint density at radius 1 is 0.842 bits per heavy atom. The summed E-state index contributed by atoms with van der Waals surface area (Å²) in [6.45, 7) is 18.0. The molecule has 0 heterocycles. The van der Waals surface area contributed by atoms with E-state index in [2.05, 4.69) is 60.7 Å². The molecule has 0 amide bonds. The first-order valence-corrected chi connectivity index (χ1v) is 7.23. The van der Waals surface area contributed by atoms with Crippen LogP contribution in [0.15, 0.2) is 0 Å². The predicted octanol–water partition coefficient (Wildman–Crippen LogP) is 4.67. The molecule has 2 heteroatoms. The minimum Gasteiger partial charge on any atom is -0.382 e. The first-order chi connectivity index (χ1) is 8.75. The van der Waals surface area contributed by atoms with E-state index >= 15 is 0 Å². The Morgan fingerprint density at radius 2 is 1.32 bits per heavy atom. The van der Waals surface area contributed by atoms with Gasteiger partial charge in [0.05, 0.1) is 12.7 Å². The highest BCUT2D eigenvalue weighted by Gasteiger charge is 2.15. The summed E-state index contributed by atoms with van der Waals surface area (Å²) in [5, 5.41) is 3.57. The average Bonchev–Trinajstić information content (AvgIpc) is 2.31. The third kappa shape index (κ3) is 3.73. The normalized spacial score (nSPS) is 11.5. The van der Waals surface area contributed by atoms with E-state index in [0.29, 0.717) is 12.6 Å². The zero-order valence-electron chi connectivity index (χ0n) is 13.8. The molecule has 19 heavy (non-hydrogen) atoms. The topological polar surface area (TPSA) is 21.3 Å². The van der Waals surface area contributed by atoms with Crippen LogP contribution < -0.4 is 5.32 Å². The van der Waals surface area contributed by atoms with Gasteiger partial charge in [0, 0.05) is 11.7 Å². The highest BCUT2D eigenvalue weighted by Crippen LogP contribution is 2.31. The molecule has 108 valence electrons. The Labute approximate surface area is 118 Å². The van der Waals surface area contributed by atoms with Gasteiger partial charge in [-0.1, -0.05) is 0 Å². The fraction of sp³-hybridized carbons (Fsp3) is 0.647. The molecule has 0 saturated carbocycles. The summed E-state index contributed by atoms with van der Waals surface area (Å²) in [7, 11) is 0. The van der Waals surface area contributed by atoms with Gasteiger partial charge in [-0.2, -0.15) is 0 Å². The van der Waals surface area contributed by atoms with Crippen molar-refractivity contribution in [1.29, 1.82) is 0 Å². The third-order valence-electron chi connectivity index (χ3n) is 3.77. The molecule has 0 unspecified atom stereocenters. The van der Waals surface area contributed by atoms with Crippen LogP contribution >= 0.6 is 0 Å². The number of benzene rings is 1. The number of nitrogens with one attached hydrogen (secondary N) is 1. The first kappa shape index (κ1) is 16.0. The Balaban J connectivity index is 3.22. The molecule has 0 radical (unpaired) electrons. The van der Waals surface area contributed by atoms with Crippen LogP contribution in [0.5, 0.6) is 0 Å². The van der Waals surface area contributed by atoms with Gasteiger partial charge in [0.1, 0.15) is 0 Å². The summed E-state index contributed by atoms with van der Waals surface area (Å²) in [6.07, 6.45) is 0.271. The lowest BCUT2D eigenvalue weighted by Crippen LogP contribution is -2.15. The maximum absolute atomic E-state index is 5.80. The largest absolute Gasteiger partial charge is 0.382 e. The Hall–Kier alpha value is -1.02. The van der Waals surface area contributed by atoms with E-state index in [4.69, 9.17) is 4.74 Å². The molecule has 0 fully saturated rings. The van der Waals surface area contributed by atoms with Crippen LogP contribution in [-0.2, 0) is 11.3 Å². The van der Waals surface area contributed by atoms with Crippen molar-refractivity contribution in [2.24, 2.45) is 0 Å². The summed E-state index contributed by atoms with van der Waals surface area (Å²) in [5.41, 5.74) is 8.04. The molecule has 0 aromatic heterocycles. The van der Waals surface area contributed by atoms with Crippen LogP contribution in [0, 0.1) is 27.7 Å². The van der Waals surface area contributed by atoms with Crippen molar-refractivity contribution in [3.05, 3.63) is 27.8 Å². The zero-order valence-corrected chi connectivity index (χ0v) is 13.8. The molecule has 1 rings (SSSR count). The third-order valence-corrected chi connectivity index (χ3v) is 3.77. The van der Waals surface area contributed by atoms with E-state index in [0.717, 1.165) is 0 Å². The second-order valence-electron chi connectivity index (χ2n) is 6.01. The van der Waals surface area contributed by atoms with E-state index in [1.54, 1.807) is 0 Å². The minimum atomic E-state index is 0.271. The van der Waals surface area contributed by atoms with Crippen LogP contribution in [0.2, 0.25) is 0 Å². The van der Waals surface area contributed by atoms with E-state index < -0.39 is 0 Å². The van der Waals surface area contributed by atoms with Crippen LogP contribution in [-0.4, -0.2) is 12.1 Å². The van der Waals surface area contributed by atoms with Crippen LogP contribution in [0.1, 0.15) is 55.5 Å². The van der Waals surface area contributed by atoms with Gasteiger partial charge in [-0.3, -0.25) is 0 Å². The van der Waals surface area contributed by atoms with Crippen molar-refractivity contribution in [2.75, 3.05) is 5.32 Å². The van der Waals surface area contributed by atoms with Crippen molar-refractivity contribution in [1.82, 2.24) is 0 Å². The van der Waals surface area contributed by atoms with Gasteiger partial charge in [0.15, 0.2) is 0 Å². The van der Waals surface area contributed by atoms with Crippen LogP contribution in [0.4, 0.5) is 5.69 Å². The standard InChI is InChI=1S/C17H29NO/c1-10(2)18-17-14(7)12(5)16(9-19-11(3)4)13(6)15(17)8/h10-11,18H,9H2,1-8H3. The quantitative estimate of drug-likeness (QED) is 0.834. The Morgan fingerprint density at radius 3 is 1.68 bits per heavy atom. The maximum atomic E-state index is 5.80. The van der Waals surface area contributed by atoms with E-state index in [1.807, 2.05) is 0 Å². The minimum absolute atomic E-state index is 0.271. The number of hydrogen-bond acceptors (Lipinski definition) is 2. The maximum Gasteiger partial charge on any atom is 0.0725 e. The lowest BCUT2D eigenvalue weighted by Gasteiger charge is -2.23. The second kappa shape index (κ2) is 6.42. The molecule has 0 saturated heterocycles. The molecule has 1 aromatic rings. The molecule has 1 aromatic carbocycles. The summed E-state index contributed by atoms with van der Waals surface area (Å²) in [4.78, 5) is 0. The van der Waals surface area contributed by atoms with Crippen molar-refractivity contribution < 1.29 is 4.74 Å². The molecule has 0 bridgehead atoms. The molecule has 0 aliphatic carbocycles. The molecule has 1 N–H and O–H groups in total. The molecular weight excluding hydrogens is 234 g/mol. The van der Waals surface area contributed by atoms with Gasteiger partial charge in [-0.25, -0.2) is 0 Å². The number of anilines is 1. The Kier molecular flexibility index (Phi) is 5.42. The Bertz CT molecular complexity index is 418. The first-order valence-electron chi connectivity index (χ1n) is 7.23. The van der Waals surface area contributed by atoms with E-state index in [9.17, 15) is 0 Å². The van der Waals surface area contributed by atoms with Crippen molar-refractivity contribution in [3.63, 3.8) is 0 Å². The summed E-state index contributed by atoms with van der Waals surface area (Å²) in [6, 6.07) is 0.453. The van der Waals surface area contributed by atoms with Gasteiger partial charge in [0.25, 0.3) is 0 Å². The van der Waals surface area contributed by atoms with Gasteiger partial charge >= 0.3 is 0 Å². The van der Waals surface area contributed by atoms with E-state index in [-0.39, 0.29) is 6.10 Å². The van der Waals surface area contributed by atoms with Crippen molar-refractivity contribution in [2.45, 2.75) is 74.1 Å². The van der Waals surface area contributed by atoms with Crippen LogP contribution in [0.3, 0.4) is 0 Å². The fourth-order valence-corrected chi connectivity index (χ4v) is 2.36. The lowest BCUT2D eigenvalue weighted by molar-refractivity contribution is 0.0650. The monoisotopic (exact) mass is 263 g/mol. The average molecular weight is 263 g/mol. The number of rotatable bonds is 5. The number of ether oxygens (including phenoxy) is 1. The molecule has 0 aliphatic rings.